The molecule has 4 heteroatoms. The van der Waals surface area contributed by atoms with Crippen molar-refractivity contribution < 1.29 is 54.6 Å². The molecule has 0 fully saturated rings. The van der Waals surface area contributed by atoms with E-state index in [1.165, 1.54) is 0 Å². The Kier molecular flexibility index (Phi) is 128. The molecule has 0 unspecified atom stereocenters. The maximum Gasteiger partial charge on any atom is 2.00 e. The second-order valence-electron chi connectivity index (χ2n) is 0. The summed E-state index contributed by atoms with van der Waals surface area (Å²) in [6, 6.07) is 0. The molecule has 0 rings (SSSR count). The van der Waals surface area contributed by atoms with Gasteiger partial charge in [0, 0.05) is 0 Å². The van der Waals surface area contributed by atoms with Crippen LogP contribution >= 0.6 is 0 Å². The normalized spacial score (nSPS) is 0. The van der Waals surface area contributed by atoms with E-state index in [-0.39, 0.29) is 85.2 Å². The Morgan fingerprint density at radius 3 is 0.750 bits per heavy atom. The fourth-order valence-corrected chi connectivity index (χ4v) is 0. The molecule has 16 valence electrons. The van der Waals surface area contributed by atoms with Crippen molar-refractivity contribution in [1.29, 1.82) is 0 Å². The molecule has 0 aromatic carbocycles. The van der Waals surface area contributed by atoms with Gasteiger partial charge in [-0.05, 0) is 0 Å². The molecular formula is Cd2SSe. The molecule has 0 aliphatic rings. The van der Waals surface area contributed by atoms with Crippen LogP contribution in [0, 0.1) is 0 Å². The van der Waals surface area contributed by atoms with E-state index in [2.05, 4.69) is 0 Å². The van der Waals surface area contributed by atoms with E-state index in [9.17, 15) is 0 Å². The Balaban J connectivity index is 0. The molecule has 0 amide bonds. The van der Waals surface area contributed by atoms with Gasteiger partial charge in [0.25, 0.3) is 0 Å². The molecule has 0 aliphatic carbocycles. The van der Waals surface area contributed by atoms with Crippen LogP contribution in [-0.2, 0) is 68.1 Å². The van der Waals surface area contributed by atoms with Crippen LogP contribution in [0.3, 0.4) is 0 Å². The van der Waals surface area contributed by atoms with Crippen molar-refractivity contribution >= 4 is 30.6 Å². The Labute approximate surface area is 83.7 Å². The molecule has 0 bridgehead atoms. The zero-order valence-electron chi connectivity index (χ0n) is 2.23. The van der Waals surface area contributed by atoms with Crippen molar-refractivity contribution in [2.24, 2.45) is 0 Å². The zero-order chi connectivity index (χ0) is 0. The van der Waals surface area contributed by atoms with Gasteiger partial charge in [0.2, 0.25) is 0 Å². The van der Waals surface area contributed by atoms with Gasteiger partial charge >= 0.3 is 54.6 Å². The van der Waals surface area contributed by atoms with Crippen molar-refractivity contribution in [2.45, 2.75) is 0 Å². The minimum Gasteiger partial charge on any atom is -2.00 e. The second-order valence-corrected chi connectivity index (χ2v) is 0. The topological polar surface area (TPSA) is 0 Å². The molecule has 0 saturated carbocycles. The third-order valence-corrected chi connectivity index (χ3v) is 0. The molecule has 0 spiro atoms. The number of rotatable bonds is 0. The van der Waals surface area contributed by atoms with Gasteiger partial charge in [0.05, 0.1) is 0 Å². The standard InChI is InChI=1S/2Cd.S.Se/q2*+2;2*-2. The second kappa shape index (κ2) is 17.2. The van der Waals surface area contributed by atoms with E-state index >= 15 is 0 Å². The monoisotopic (exact) mass is 340 g/mol. The van der Waals surface area contributed by atoms with E-state index in [1.54, 1.807) is 0 Å². The van der Waals surface area contributed by atoms with E-state index in [4.69, 9.17) is 0 Å². The average molecular weight is 336 g/mol. The van der Waals surface area contributed by atoms with E-state index in [0.29, 0.717) is 0 Å². The molecule has 0 N–H and O–H groups in total. The molecule has 0 radical (unpaired) electrons. The van der Waals surface area contributed by atoms with Gasteiger partial charge in [-0.25, -0.2) is 0 Å². The number of hydrogen-bond acceptors (Lipinski definition) is 0. The largest absolute Gasteiger partial charge is 2.00 e. The van der Waals surface area contributed by atoms with Crippen molar-refractivity contribution in [3.63, 3.8) is 0 Å². The van der Waals surface area contributed by atoms with Crippen LogP contribution in [0.2, 0.25) is 0 Å². The fourth-order valence-electron chi connectivity index (χ4n) is 0. The summed E-state index contributed by atoms with van der Waals surface area (Å²) >= 11 is 0. The van der Waals surface area contributed by atoms with Crippen LogP contribution in [0.4, 0.5) is 0 Å². The third-order valence-electron chi connectivity index (χ3n) is 0. The van der Waals surface area contributed by atoms with Gasteiger partial charge in [-0.1, -0.05) is 0 Å². The summed E-state index contributed by atoms with van der Waals surface area (Å²) in [5.41, 5.74) is 0. The first kappa shape index (κ1) is 29.8. The van der Waals surface area contributed by atoms with Gasteiger partial charge in [0.1, 0.15) is 0 Å². The van der Waals surface area contributed by atoms with Crippen LogP contribution in [0.25, 0.3) is 0 Å². The van der Waals surface area contributed by atoms with E-state index < -0.39 is 0 Å². The molecular weight excluding hydrogens is 336 g/mol. The molecule has 4 heavy (non-hydrogen) atoms. The predicted molar refractivity (Wildman–Crippen MR) is 13.1 cm³/mol. The molecule has 0 aromatic heterocycles. The van der Waals surface area contributed by atoms with Crippen LogP contribution in [0.15, 0.2) is 0 Å². The number of hydrogen-bond donors (Lipinski definition) is 0. The summed E-state index contributed by atoms with van der Waals surface area (Å²) in [4.78, 5) is 0. The van der Waals surface area contributed by atoms with Crippen molar-refractivity contribution in [3.05, 3.63) is 0 Å². The maximum absolute atomic E-state index is 0. The van der Waals surface area contributed by atoms with Crippen LogP contribution in [-0.4, -0.2) is 17.1 Å². The van der Waals surface area contributed by atoms with Gasteiger partial charge in [-0.15, -0.1) is 0 Å². The first-order chi connectivity index (χ1) is 0. The summed E-state index contributed by atoms with van der Waals surface area (Å²) in [5.74, 6) is 0. The minimum absolute atomic E-state index is 0. The fraction of sp³-hybridized carbons (Fsp3) is 0. The summed E-state index contributed by atoms with van der Waals surface area (Å²) < 4.78 is 0. The first-order valence-electron chi connectivity index (χ1n) is 0. The molecule has 0 atom stereocenters. The van der Waals surface area contributed by atoms with Crippen molar-refractivity contribution in [3.8, 4) is 0 Å². The zero-order valence-corrected chi connectivity index (χ0v) is 12.8. The predicted octanol–water partition coefficient (Wildman–Crippen LogP) is -0.388. The average Bonchev–Trinajstić information content (AvgIpc) is 0. The molecule has 0 nitrogen and oxygen atoms in total. The SMILES string of the molecule is [Cd+2].[Cd+2].[S-2].[Se-2]. The summed E-state index contributed by atoms with van der Waals surface area (Å²) in [7, 11) is 0. The third kappa shape index (κ3) is 8.83. The maximum atomic E-state index is 0. The molecule has 0 aromatic rings. The molecule has 0 heterocycles. The Hall–Kier alpha value is 2.71. The van der Waals surface area contributed by atoms with Crippen LogP contribution in [0.1, 0.15) is 0 Å². The van der Waals surface area contributed by atoms with Crippen molar-refractivity contribution in [2.75, 3.05) is 0 Å². The van der Waals surface area contributed by atoms with Crippen LogP contribution in [0.5, 0.6) is 0 Å². The summed E-state index contributed by atoms with van der Waals surface area (Å²) in [6.45, 7) is 0. The Morgan fingerprint density at radius 1 is 0.750 bits per heavy atom. The van der Waals surface area contributed by atoms with E-state index in [0.717, 1.165) is 0 Å². The Morgan fingerprint density at radius 2 is 0.750 bits per heavy atom. The van der Waals surface area contributed by atoms with Gasteiger partial charge in [0.15, 0.2) is 0 Å². The molecule has 0 saturated heterocycles. The van der Waals surface area contributed by atoms with Gasteiger partial charge < -0.3 is 30.6 Å². The van der Waals surface area contributed by atoms with Crippen molar-refractivity contribution in [1.82, 2.24) is 0 Å². The van der Waals surface area contributed by atoms with Crippen LogP contribution < -0.4 is 0 Å². The van der Waals surface area contributed by atoms with Gasteiger partial charge in [-0.2, -0.15) is 0 Å². The quantitative estimate of drug-likeness (QED) is 0.529. The summed E-state index contributed by atoms with van der Waals surface area (Å²) in [6.07, 6.45) is 0. The summed E-state index contributed by atoms with van der Waals surface area (Å²) in [5, 5.41) is 0. The van der Waals surface area contributed by atoms with E-state index in [1.807, 2.05) is 0 Å². The first-order valence-corrected chi connectivity index (χ1v) is 0. The van der Waals surface area contributed by atoms with Gasteiger partial charge in [-0.3, -0.25) is 0 Å². The Bertz CT molecular complexity index is 6.00. The smallest absolute Gasteiger partial charge is 2.00 e. The molecule has 0 aliphatic heterocycles. The minimum atomic E-state index is 0.